The molecule has 0 aromatic carbocycles. The van der Waals surface area contributed by atoms with Crippen molar-refractivity contribution in [1.29, 1.82) is 0 Å². The van der Waals surface area contributed by atoms with E-state index in [-0.39, 0.29) is 5.75 Å². The highest BCUT2D eigenvalue weighted by Crippen LogP contribution is 2.21. The number of ether oxygens (including phenoxy) is 2. The summed E-state index contributed by atoms with van der Waals surface area (Å²) in [5, 5.41) is 28.1. The van der Waals surface area contributed by atoms with Gasteiger partial charge in [0, 0.05) is 12.9 Å². The third kappa shape index (κ3) is 2.15. The first-order valence-electron chi connectivity index (χ1n) is 3.95. The average molecular weight is 210 g/mol. The molecule has 1 rings (SSSR count). The first kappa shape index (κ1) is 11.2. The lowest BCUT2D eigenvalue weighted by Crippen LogP contribution is -2.58. The molecule has 1 aliphatic rings. The molecule has 5 nitrogen and oxygen atoms in total. The van der Waals surface area contributed by atoms with Crippen molar-refractivity contribution in [2.45, 2.75) is 30.7 Å². The summed E-state index contributed by atoms with van der Waals surface area (Å²) in [7, 11) is 1.36. The molecule has 13 heavy (non-hydrogen) atoms. The number of rotatable bonds is 2. The summed E-state index contributed by atoms with van der Waals surface area (Å²) >= 11 is 3.94. The van der Waals surface area contributed by atoms with Gasteiger partial charge in [-0.15, -0.1) is 0 Å². The van der Waals surface area contributed by atoms with E-state index in [0.29, 0.717) is 0 Å². The van der Waals surface area contributed by atoms with Gasteiger partial charge >= 0.3 is 0 Å². The minimum Gasteiger partial charge on any atom is -0.388 e. The van der Waals surface area contributed by atoms with Crippen LogP contribution < -0.4 is 0 Å². The van der Waals surface area contributed by atoms with Crippen LogP contribution in [0.25, 0.3) is 0 Å². The summed E-state index contributed by atoms with van der Waals surface area (Å²) in [6, 6.07) is 0. The lowest BCUT2D eigenvalue weighted by molar-refractivity contribution is -0.284. The zero-order chi connectivity index (χ0) is 10.0. The minimum atomic E-state index is -1.25. The van der Waals surface area contributed by atoms with Crippen molar-refractivity contribution in [3.8, 4) is 0 Å². The lowest BCUT2D eigenvalue weighted by Gasteiger charge is -2.39. The molecule has 0 amide bonds. The number of aliphatic hydroxyl groups is 3. The summed E-state index contributed by atoms with van der Waals surface area (Å²) in [5.41, 5.74) is 0. The van der Waals surface area contributed by atoms with Crippen molar-refractivity contribution in [2.24, 2.45) is 0 Å². The standard InChI is InChI=1S/C7H14O5S/c1-11-7-6(10)5(9)4(8)3(2-13)12-7/h3-10,13H,2H2,1H3/t3?,4-,5?,6?,7+/m0/s1. The second-order valence-electron chi connectivity index (χ2n) is 2.93. The Morgan fingerprint density at radius 2 is 1.85 bits per heavy atom. The monoisotopic (exact) mass is 210 g/mol. The maximum Gasteiger partial charge on any atom is 0.186 e. The molecule has 78 valence electrons. The van der Waals surface area contributed by atoms with Gasteiger partial charge in [0.1, 0.15) is 18.3 Å². The fraction of sp³-hybridized carbons (Fsp3) is 1.00. The molecule has 0 spiro atoms. The highest BCUT2D eigenvalue weighted by Gasteiger charge is 2.43. The Morgan fingerprint density at radius 3 is 2.31 bits per heavy atom. The predicted octanol–water partition coefficient (Wildman–Crippen LogP) is -1.63. The Labute approximate surface area is 81.7 Å². The molecule has 1 fully saturated rings. The van der Waals surface area contributed by atoms with Crippen LogP contribution in [-0.2, 0) is 9.47 Å². The molecule has 0 bridgehead atoms. The smallest absolute Gasteiger partial charge is 0.186 e. The second-order valence-corrected chi connectivity index (χ2v) is 3.30. The summed E-state index contributed by atoms with van der Waals surface area (Å²) in [4.78, 5) is 0. The van der Waals surface area contributed by atoms with Gasteiger partial charge < -0.3 is 24.8 Å². The number of methoxy groups -OCH3 is 1. The molecule has 3 N–H and O–H groups in total. The van der Waals surface area contributed by atoms with Crippen LogP contribution in [0.15, 0.2) is 0 Å². The van der Waals surface area contributed by atoms with Gasteiger partial charge in [-0.3, -0.25) is 0 Å². The second kappa shape index (κ2) is 4.59. The molecule has 0 radical (unpaired) electrons. The van der Waals surface area contributed by atoms with Crippen LogP contribution in [0.3, 0.4) is 0 Å². The third-order valence-corrected chi connectivity index (χ3v) is 2.44. The van der Waals surface area contributed by atoms with Gasteiger partial charge in [0.05, 0.1) is 6.10 Å². The maximum atomic E-state index is 9.38. The first-order valence-corrected chi connectivity index (χ1v) is 4.58. The van der Waals surface area contributed by atoms with E-state index in [9.17, 15) is 15.3 Å². The summed E-state index contributed by atoms with van der Waals surface area (Å²) in [6.45, 7) is 0. The number of aliphatic hydroxyl groups excluding tert-OH is 3. The molecule has 0 aliphatic carbocycles. The van der Waals surface area contributed by atoms with Gasteiger partial charge in [-0.2, -0.15) is 12.6 Å². The number of hydrogen-bond donors (Lipinski definition) is 4. The topological polar surface area (TPSA) is 79.2 Å². The third-order valence-electron chi connectivity index (χ3n) is 2.08. The van der Waals surface area contributed by atoms with E-state index < -0.39 is 30.7 Å². The Hall–Kier alpha value is 0.150. The zero-order valence-corrected chi connectivity index (χ0v) is 8.09. The number of thiol groups is 1. The molecule has 0 aromatic rings. The normalized spacial score (nSPS) is 46.4. The molecule has 0 aromatic heterocycles. The van der Waals surface area contributed by atoms with E-state index in [0.717, 1.165) is 0 Å². The molecule has 5 atom stereocenters. The van der Waals surface area contributed by atoms with Crippen LogP contribution in [0.4, 0.5) is 0 Å². The van der Waals surface area contributed by atoms with Gasteiger partial charge in [-0.1, -0.05) is 0 Å². The molecule has 3 unspecified atom stereocenters. The van der Waals surface area contributed by atoms with E-state index in [4.69, 9.17) is 9.47 Å². The SMILES string of the molecule is CO[C@@H]1OC(CS)[C@H](O)C(O)C1O. The van der Waals surface area contributed by atoms with Crippen molar-refractivity contribution in [1.82, 2.24) is 0 Å². The average Bonchev–Trinajstić information content (AvgIpc) is 2.15. The summed E-state index contributed by atoms with van der Waals surface area (Å²) in [5.74, 6) is 0.255. The van der Waals surface area contributed by atoms with E-state index in [1.54, 1.807) is 0 Å². The van der Waals surface area contributed by atoms with Gasteiger partial charge in [0.15, 0.2) is 6.29 Å². The largest absolute Gasteiger partial charge is 0.388 e. The Kier molecular flexibility index (Phi) is 3.96. The van der Waals surface area contributed by atoms with Gasteiger partial charge in [0.25, 0.3) is 0 Å². The van der Waals surface area contributed by atoms with Crippen LogP contribution in [0.2, 0.25) is 0 Å². The van der Waals surface area contributed by atoms with Crippen LogP contribution in [-0.4, -0.2) is 58.9 Å². The van der Waals surface area contributed by atoms with Gasteiger partial charge in [0.2, 0.25) is 0 Å². The van der Waals surface area contributed by atoms with E-state index in [1.807, 2.05) is 0 Å². The van der Waals surface area contributed by atoms with Crippen molar-refractivity contribution >= 4 is 12.6 Å². The Balaban J connectivity index is 2.66. The van der Waals surface area contributed by atoms with Crippen molar-refractivity contribution in [3.05, 3.63) is 0 Å². The molecule has 1 aliphatic heterocycles. The fourth-order valence-corrected chi connectivity index (χ4v) is 1.56. The molecule has 6 heteroatoms. The van der Waals surface area contributed by atoms with E-state index >= 15 is 0 Å². The fourth-order valence-electron chi connectivity index (χ4n) is 1.26. The first-order chi connectivity index (χ1) is 6.11. The lowest BCUT2D eigenvalue weighted by atomic mass is 10.00. The van der Waals surface area contributed by atoms with Crippen molar-refractivity contribution in [3.63, 3.8) is 0 Å². The molecular formula is C7H14O5S. The highest BCUT2D eigenvalue weighted by atomic mass is 32.1. The van der Waals surface area contributed by atoms with Crippen LogP contribution in [0.5, 0.6) is 0 Å². The molecule has 1 saturated heterocycles. The Morgan fingerprint density at radius 1 is 1.23 bits per heavy atom. The van der Waals surface area contributed by atoms with Crippen LogP contribution >= 0.6 is 12.6 Å². The van der Waals surface area contributed by atoms with Crippen LogP contribution in [0.1, 0.15) is 0 Å². The maximum absolute atomic E-state index is 9.38. The zero-order valence-electron chi connectivity index (χ0n) is 7.20. The van der Waals surface area contributed by atoms with E-state index in [2.05, 4.69) is 12.6 Å². The Bertz CT molecular complexity index is 147. The van der Waals surface area contributed by atoms with Crippen molar-refractivity contribution < 1.29 is 24.8 Å². The quantitative estimate of drug-likeness (QED) is 0.412. The summed E-state index contributed by atoms with van der Waals surface area (Å²) in [6.07, 6.45) is -5.13. The summed E-state index contributed by atoms with van der Waals surface area (Å²) < 4.78 is 9.90. The molecule has 1 heterocycles. The van der Waals surface area contributed by atoms with Crippen molar-refractivity contribution in [2.75, 3.05) is 12.9 Å². The predicted molar refractivity (Wildman–Crippen MR) is 47.5 cm³/mol. The van der Waals surface area contributed by atoms with Gasteiger partial charge in [-0.05, 0) is 0 Å². The number of hydrogen-bond acceptors (Lipinski definition) is 6. The molecular weight excluding hydrogens is 196 g/mol. The van der Waals surface area contributed by atoms with Gasteiger partial charge in [-0.25, -0.2) is 0 Å². The van der Waals surface area contributed by atoms with Crippen LogP contribution in [0, 0.1) is 0 Å². The molecule has 0 saturated carbocycles. The highest BCUT2D eigenvalue weighted by molar-refractivity contribution is 7.80. The minimum absolute atomic E-state index is 0.255. The van der Waals surface area contributed by atoms with E-state index in [1.165, 1.54) is 7.11 Å².